The number of furan rings is 1. The van der Waals surface area contributed by atoms with Crippen LogP contribution in [0.3, 0.4) is 0 Å². The summed E-state index contributed by atoms with van der Waals surface area (Å²) in [5.74, 6) is 2.01. The maximum Gasteiger partial charge on any atom is 0.118 e. The predicted molar refractivity (Wildman–Crippen MR) is 73.5 cm³/mol. The van der Waals surface area contributed by atoms with E-state index in [1.807, 2.05) is 13.0 Å². The van der Waals surface area contributed by atoms with E-state index in [0.717, 1.165) is 44.4 Å². The zero-order valence-corrected chi connectivity index (χ0v) is 12.0. The maximum atomic E-state index is 5.77. The Morgan fingerprint density at radius 2 is 2.06 bits per heavy atom. The van der Waals surface area contributed by atoms with Crippen molar-refractivity contribution in [3.63, 3.8) is 0 Å². The second kappa shape index (κ2) is 8.29. The highest BCUT2D eigenvalue weighted by atomic mass is 16.5. The molecule has 0 bridgehead atoms. The Bertz CT molecular complexity index is 323. The van der Waals surface area contributed by atoms with Crippen LogP contribution in [0.15, 0.2) is 16.5 Å². The van der Waals surface area contributed by atoms with Crippen molar-refractivity contribution in [1.82, 2.24) is 10.2 Å². The quantitative estimate of drug-likeness (QED) is 0.686. The van der Waals surface area contributed by atoms with E-state index in [9.17, 15) is 0 Å². The first-order valence-electron chi connectivity index (χ1n) is 6.69. The van der Waals surface area contributed by atoms with E-state index in [0.29, 0.717) is 6.04 Å². The standard InChI is InChI=1S/C14H26N2O2/c1-5-17-9-8-16(4)11-14-7-6-13(18-14)10-15-12(2)3/h6-7,12,15H,5,8-11H2,1-4H3. The van der Waals surface area contributed by atoms with Gasteiger partial charge >= 0.3 is 0 Å². The summed E-state index contributed by atoms with van der Waals surface area (Å²) in [5, 5.41) is 3.34. The largest absolute Gasteiger partial charge is 0.463 e. The van der Waals surface area contributed by atoms with Gasteiger partial charge in [-0.1, -0.05) is 13.8 Å². The molecule has 1 aromatic rings. The Balaban J connectivity index is 2.29. The summed E-state index contributed by atoms with van der Waals surface area (Å²) in [6, 6.07) is 4.57. The van der Waals surface area contributed by atoms with Gasteiger partial charge in [-0.2, -0.15) is 0 Å². The van der Waals surface area contributed by atoms with Gasteiger partial charge < -0.3 is 14.5 Å². The van der Waals surface area contributed by atoms with Gasteiger partial charge in [0.15, 0.2) is 0 Å². The highest BCUT2D eigenvalue weighted by Crippen LogP contribution is 2.10. The van der Waals surface area contributed by atoms with Crippen LogP contribution in [0.4, 0.5) is 0 Å². The zero-order valence-electron chi connectivity index (χ0n) is 12.0. The third kappa shape index (κ3) is 6.19. The van der Waals surface area contributed by atoms with Crippen LogP contribution in [-0.4, -0.2) is 37.7 Å². The van der Waals surface area contributed by atoms with Crippen LogP contribution in [0.2, 0.25) is 0 Å². The normalized spacial score (nSPS) is 11.7. The van der Waals surface area contributed by atoms with Crippen LogP contribution >= 0.6 is 0 Å². The summed E-state index contributed by atoms with van der Waals surface area (Å²) >= 11 is 0. The number of rotatable bonds is 9. The average Bonchev–Trinajstić information content (AvgIpc) is 2.74. The van der Waals surface area contributed by atoms with E-state index in [2.05, 4.69) is 37.2 Å². The fourth-order valence-electron chi connectivity index (χ4n) is 1.62. The summed E-state index contributed by atoms with van der Waals surface area (Å²) in [6.45, 7) is 10.4. The van der Waals surface area contributed by atoms with Crippen LogP contribution in [0, 0.1) is 0 Å². The number of hydrogen-bond acceptors (Lipinski definition) is 4. The third-order valence-corrected chi connectivity index (χ3v) is 2.65. The molecule has 4 nitrogen and oxygen atoms in total. The van der Waals surface area contributed by atoms with Gasteiger partial charge in [0.2, 0.25) is 0 Å². The Kier molecular flexibility index (Phi) is 7.01. The van der Waals surface area contributed by atoms with Crippen LogP contribution in [0.5, 0.6) is 0 Å². The van der Waals surface area contributed by atoms with Gasteiger partial charge in [-0.25, -0.2) is 0 Å². The Morgan fingerprint density at radius 3 is 2.72 bits per heavy atom. The molecule has 0 aliphatic carbocycles. The minimum Gasteiger partial charge on any atom is -0.463 e. The zero-order chi connectivity index (χ0) is 13.4. The lowest BCUT2D eigenvalue weighted by molar-refractivity contribution is 0.118. The molecule has 0 spiro atoms. The van der Waals surface area contributed by atoms with Crippen molar-refractivity contribution in [3.8, 4) is 0 Å². The molecule has 4 heteroatoms. The number of nitrogens with zero attached hydrogens (tertiary/aromatic N) is 1. The molecule has 18 heavy (non-hydrogen) atoms. The van der Waals surface area contributed by atoms with Crippen LogP contribution < -0.4 is 5.32 Å². The van der Waals surface area contributed by atoms with Crippen molar-refractivity contribution >= 4 is 0 Å². The molecule has 0 amide bonds. The fraction of sp³-hybridized carbons (Fsp3) is 0.714. The molecule has 0 aromatic carbocycles. The molecule has 0 aliphatic heterocycles. The molecule has 0 aliphatic rings. The number of hydrogen-bond donors (Lipinski definition) is 1. The van der Waals surface area contributed by atoms with Gasteiger partial charge in [-0.05, 0) is 26.1 Å². The lowest BCUT2D eigenvalue weighted by Crippen LogP contribution is -2.22. The average molecular weight is 254 g/mol. The van der Waals surface area contributed by atoms with Crippen molar-refractivity contribution in [3.05, 3.63) is 23.7 Å². The first kappa shape index (κ1) is 15.2. The minimum atomic E-state index is 0.479. The molecular weight excluding hydrogens is 228 g/mol. The van der Waals surface area contributed by atoms with Gasteiger partial charge in [-0.3, -0.25) is 4.90 Å². The molecular formula is C14H26N2O2. The van der Waals surface area contributed by atoms with E-state index < -0.39 is 0 Å². The Hall–Kier alpha value is -0.840. The van der Waals surface area contributed by atoms with E-state index in [-0.39, 0.29) is 0 Å². The van der Waals surface area contributed by atoms with E-state index >= 15 is 0 Å². The SMILES string of the molecule is CCOCCN(C)Cc1ccc(CNC(C)C)o1. The van der Waals surface area contributed by atoms with Crippen molar-refractivity contribution in [2.24, 2.45) is 0 Å². The van der Waals surface area contributed by atoms with Gasteiger partial charge in [0.25, 0.3) is 0 Å². The molecule has 1 aromatic heterocycles. The summed E-state index contributed by atoms with van der Waals surface area (Å²) in [6.07, 6.45) is 0. The third-order valence-electron chi connectivity index (χ3n) is 2.65. The number of likely N-dealkylation sites (N-methyl/N-ethyl adjacent to an activating group) is 1. The fourth-order valence-corrected chi connectivity index (χ4v) is 1.62. The predicted octanol–water partition coefficient (Wildman–Crippen LogP) is 2.25. The Morgan fingerprint density at radius 1 is 1.33 bits per heavy atom. The first-order valence-corrected chi connectivity index (χ1v) is 6.69. The molecule has 1 heterocycles. The van der Waals surface area contributed by atoms with E-state index in [1.54, 1.807) is 0 Å². The molecule has 0 unspecified atom stereocenters. The molecule has 104 valence electrons. The van der Waals surface area contributed by atoms with Crippen molar-refractivity contribution in [2.75, 3.05) is 26.8 Å². The smallest absolute Gasteiger partial charge is 0.118 e. The molecule has 0 atom stereocenters. The molecule has 1 N–H and O–H groups in total. The van der Waals surface area contributed by atoms with Crippen LogP contribution in [-0.2, 0) is 17.8 Å². The minimum absolute atomic E-state index is 0.479. The molecule has 0 radical (unpaired) electrons. The maximum absolute atomic E-state index is 5.77. The van der Waals surface area contributed by atoms with Crippen molar-refractivity contribution in [1.29, 1.82) is 0 Å². The monoisotopic (exact) mass is 254 g/mol. The highest BCUT2D eigenvalue weighted by molar-refractivity contribution is 5.07. The van der Waals surface area contributed by atoms with E-state index in [1.165, 1.54) is 0 Å². The second-order valence-corrected chi connectivity index (χ2v) is 4.84. The topological polar surface area (TPSA) is 37.6 Å². The molecule has 0 saturated heterocycles. The molecule has 0 fully saturated rings. The summed E-state index contributed by atoms with van der Waals surface area (Å²) in [4.78, 5) is 2.20. The molecule has 1 rings (SSSR count). The number of ether oxygens (including phenoxy) is 1. The van der Waals surface area contributed by atoms with Crippen molar-refractivity contribution in [2.45, 2.75) is 39.9 Å². The lowest BCUT2D eigenvalue weighted by Gasteiger charge is -2.14. The highest BCUT2D eigenvalue weighted by Gasteiger charge is 2.06. The van der Waals surface area contributed by atoms with E-state index in [4.69, 9.17) is 9.15 Å². The van der Waals surface area contributed by atoms with Crippen molar-refractivity contribution < 1.29 is 9.15 Å². The second-order valence-electron chi connectivity index (χ2n) is 4.84. The number of nitrogens with one attached hydrogen (secondary N) is 1. The first-order chi connectivity index (χ1) is 8.61. The summed E-state index contributed by atoms with van der Waals surface area (Å²) < 4.78 is 11.1. The summed E-state index contributed by atoms with van der Waals surface area (Å²) in [7, 11) is 2.08. The molecule has 0 saturated carbocycles. The lowest BCUT2D eigenvalue weighted by atomic mass is 10.3. The van der Waals surface area contributed by atoms with Crippen LogP contribution in [0.1, 0.15) is 32.3 Å². The summed E-state index contributed by atoms with van der Waals surface area (Å²) in [5.41, 5.74) is 0. The van der Waals surface area contributed by atoms with Crippen LogP contribution in [0.25, 0.3) is 0 Å². The van der Waals surface area contributed by atoms with Gasteiger partial charge in [0.05, 0.1) is 19.7 Å². The van der Waals surface area contributed by atoms with Gasteiger partial charge in [0.1, 0.15) is 11.5 Å². The van der Waals surface area contributed by atoms with Gasteiger partial charge in [0, 0.05) is 19.2 Å². The van der Waals surface area contributed by atoms with Gasteiger partial charge in [-0.15, -0.1) is 0 Å². The Labute approximate surface area is 110 Å².